The Balaban J connectivity index is 2.37. The minimum absolute atomic E-state index is 0.178. The first-order chi connectivity index (χ1) is 7.33. The van der Waals surface area contributed by atoms with Crippen LogP contribution in [-0.2, 0) is 11.2 Å². The van der Waals surface area contributed by atoms with E-state index >= 15 is 0 Å². The Bertz CT molecular complexity index is 362. The largest absolute Gasteiger partial charge is 0.297 e. The van der Waals surface area contributed by atoms with Gasteiger partial charge < -0.3 is 0 Å². The second-order valence-electron chi connectivity index (χ2n) is 3.84. The van der Waals surface area contributed by atoms with Crippen molar-refractivity contribution in [3.8, 4) is 0 Å². The fourth-order valence-corrected chi connectivity index (χ4v) is 1.99. The van der Waals surface area contributed by atoms with Crippen molar-refractivity contribution in [3.63, 3.8) is 0 Å². The van der Waals surface area contributed by atoms with Crippen LogP contribution in [0.3, 0.4) is 0 Å². The molecular formula is C12H16N2O. The van der Waals surface area contributed by atoms with Crippen molar-refractivity contribution >= 4 is 11.7 Å². The van der Waals surface area contributed by atoms with Gasteiger partial charge in [-0.15, -0.1) is 0 Å². The van der Waals surface area contributed by atoms with Gasteiger partial charge in [0.25, 0.3) is 0 Å². The highest BCUT2D eigenvalue weighted by Gasteiger charge is 2.20. The lowest BCUT2D eigenvalue weighted by atomic mass is 10.1. The summed E-state index contributed by atoms with van der Waals surface area (Å²) in [7, 11) is 0. The van der Waals surface area contributed by atoms with Crippen molar-refractivity contribution in [1.29, 1.82) is 0 Å². The number of anilines is 1. The Morgan fingerprint density at radius 1 is 1.53 bits per heavy atom. The lowest BCUT2D eigenvalue weighted by Crippen LogP contribution is -2.31. The third-order valence-electron chi connectivity index (χ3n) is 2.80. The normalized spacial score (nSPS) is 15.7. The minimum Gasteiger partial charge on any atom is -0.297 e. The summed E-state index contributed by atoms with van der Waals surface area (Å²) < 4.78 is 0. The van der Waals surface area contributed by atoms with Gasteiger partial charge >= 0.3 is 0 Å². The van der Waals surface area contributed by atoms with Crippen molar-refractivity contribution in [1.82, 2.24) is 4.98 Å². The zero-order chi connectivity index (χ0) is 10.7. The molecule has 0 spiro atoms. The average Bonchev–Trinajstić information content (AvgIpc) is 2.50. The first kappa shape index (κ1) is 10.1. The molecule has 3 heteroatoms. The molecule has 0 radical (unpaired) electrons. The molecule has 1 aromatic rings. The first-order valence-corrected chi connectivity index (χ1v) is 5.57. The fourth-order valence-electron chi connectivity index (χ4n) is 1.99. The average molecular weight is 204 g/mol. The Morgan fingerprint density at radius 2 is 2.40 bits per heavy atom. The van der Waals surface area contributed by atoms with E-state index in [0.717, 1.165) is 31.6 Å². The number of rotatable bonds is 1. The summed E-state index contributed by atoms with van der Waals surface area (Å²) in [5.41, 5.74) is 1.21. The molecule has 0 saturated heterocycles. The molecule has 2 heterocycles. The molecule has 0 unspecified atom stereocenters. The Morgan fingerprint density at radius 3 is 3.20 bits per heavy atom. The predicted molar refractivity (Wildman–Crippen MR) is 59.8 cm³/mol. The van der Waals surface area contributed by atoms with Crippen LogP contribution in [-0.4, -0.2) is 17.4 Å². The van der Waals surface area contributed by atoms with E-state index in [1.54, 1.807) is 6.20 Å². The van der Waals surface area contributed by atoms with Gasteiger partial charge in [0.05, 0.1) is 0 Å². The van der Waals surface area contributed by atoms with E-state index in [-0.39, 0.29) is 5.91 Å². The topological polar surface area (TPSA) is 33.2 Å². The van der Waals surface area contributed by atoms with Crippen molar-refractivity contribution in [2.75, 3.05) is 11.4 Å². The molecule has 80 valence electrons. The van der Waals surface area contributed by atoms with E-state index in [1.165, 1.54) is 5.56 Å². The Labute approximate surface area is 90.1 Å². The van der Waals surface area contributed by atoms with Crippen LogP contribution in [0, 0.1) is 0 Å². The molecule has 15 heavy (non-hydrogen) atoms. The Kier molecular flexibility index (Phi) is 2.99. The quantitative estimate of drug-likeness (QED) is 0.702. The number of hydrogen-bond acceptors (Lipinski definition) is 2. The zero-order valence-electron chi connectivity index (χ0n) is 9.07. The highest BCUT2D eigenvalue weighted by atomic mass is 16.2. The maximum Gasteiger partial charge on any atom is 0.227 e. The molecule has 1 aromatic heterocycles. The highest BCUT2D eigenvalue weighted by molar-refractivity contribution is 5.92. The summed E-state index contributed by atoms with van der Waals surface area (Å²) >= 11 is 0. The van der Waals surface area contributed by atoms with Crippen molar-refractivity contribution < 1.29 is 4.79 Å². The van der Waals surface area contributed by atoms with Crippen LogP contribution in [0.2, 0.25) is 0 Å². The van der Waals surface area contributed by atoms with E-state index < -0.39 is 0 Å². The lowest BCUT2D eigenvalue weighted by molar-refractivity contribution is -0.118. The van der Waals surface area contributed by atoms with Crippen LogP contribution >= 0.6 is 0 Å². The Hall–Kier alpha value is -1.38. The monoisotopic (exact) mass is 204 g/mol. The fraction of sp³-hybridized carbons (Fsp3) is 0.500. The molecule has 3 nitrogen and oxygen atoms in total. The van der Waals surface area contributed by atoms with Gasteiger partial charge in [-0.3, -0.25) is 9.69 Å². The van der Waals surface area contributed by atoms with Gasteiger partial charge in [0.1, 0.15) is 5.82 Å². The molecule has 0 atom stereocenters. The highest BCUT2D eigenvalue weighted by Crippen LogP contribution is 2.23. The van der Waals surface area contributed by atoms with Gasteiger partial charge in [-0.05, 0) is 30.9 Å². The molecule has 0 fully saturated rings. The molecule has 2 rings (SSSR count). The van der Waals surface area contributed by atoms with E-state index in [9.17, 15) is 4.79 Å². The number of fused-ring (bicyclic) bond motifs is 1. The van der Waals surface area contributed by atoms with Gasteiger partial charge in [0.2, 0.25) is 5.91 Å². The van der Waals surface area contributed by atoms with Crippen LogP contribution in [0.4, 0.5) is 5.82 Å². The van der Waals surface area contributed by atoms with Crippen LogP contribution in [0.25, 0.3) is 0 Å². The SMILES string of the molecule is CCC(=O)N1CCCCc2cccnc21. The molecule has 1 aliphatic rings. The van der Waals surface area contributed by atoms with Gasteiger partial charge in [-0.25, -0.2) is 4.98 Å². The standard InChI is InChI=1S/C12H16N2O/c1-2-11(15)14-9-4-3-6-10-7-5-8-13-12(10)14/h5,7-8H,2-4,6,9H2,1H3. The van der Waals surface area contributed by atoms with Crippen LogP contribution in [0.5, 0.6) is 0 Å². The minimum atomic E-state index is 0.178. The summed E-state index contributed by atoms with van der Waals surface area (Å²) in [5.74, 6) is 1.05. The second-order valence-corrected chi connectivity index (χ2v) is 3.84. The van der Waals surface area contributed by atoms with Crippen molar-refractivity contribution in [2.45, 2.75) is 32.6 Å². The summed E-state index contributed by atoms with van der Waals surface area (Å²) in [6, 6.07) is 4.02. The summed E-state index contributed by atoms with van der Waals surface area (Å²) in [5, 5.41) is 0. The molecular weight excluding hydrogens is 188 g/mol. The zero-order valence-corrected chi connectivity index (χ0v) is 9.07. The lowest BCUT2D eigenvalue weighted by Gasteiger charge is -2.20. The molecule has 0 bridgehead atoms. The first-order valence-electron chi connectivity index (χ1n) is 5.57. The van der Waals surface area contributed by atoms with E-state index in [0.29, 0.717) is 6.42 Å². The van der Waals surface area contributed by atoms with Crippen LogP contribution in [0.1, 0.15) is 31.7 Å². The molecule has 1 amide bonds. The molecule has 0 aliphatic carbocycles. The van der Waals surface area contributed by atoms with Crippen LogP contribution < -0.4 is 4.90 Å². The number of carbonyl (C=O) groups excluding carboxylic acids is 1. The number of nitrogens with zero attached hydrogens (tertiary/aromatic N) is 2. The number of amides is 1. The number of hydrogen-bond donors (Lipinski definition) is 0. The summed E-state index contributed by atoms with van der Waals surface area (Å²) in [6.45, 7) is 2.71. The van der Waals surface area contributed by atoms with Crippen LogP contribution in [0.15, 0.2) is 18.3 Å². The molecule has 1 aliphatic heterocycles. The maximum absolute atomic E-state index is 11.8. The van der Waals surface area contributed by atoms with Crippen molar-refractivity contribution in [3.05, 3.63) is 23.9 Å². The number of pyridine rings is 1. The van der Waals surface area contributed by atoms with Gasteiger partial charge in [0, 0.05) is 19.2 Å². The smallest absolute Gasteiger partial charge is 0.227 e. The van der Waals surface area contributed by atoms with Gasteiger partial charge in [-0.1, -0.05) is 13.0 Å². The number of aromatic nitrogens is 1. The predicted octanol–water partition coefficient (Wildman–Crippen LogP) is 2.16. The van der Waals surface area contributed by atoms with Crippen molar-refractivity contribution in [2.24, 2.45) is 0 Å². The third-order valence-corrected chi connectivity index (χ3v) is 2.80. The summed E-state index contributed by atoms with van der Waals surface area (Å²) in [6.07, 6.45) is 5.57. The van der Waals surface area contributed by atoms with E-state index in [1.807, 2.05) is 17.9 Å². The summed E-state index contributed by atoms with van der Waals surface area (Å²) in [4.78, 5) is 17.9. The second kappa shape index (κ2) is 4.43. The number of aryl methyl sites for hydroxylation is 1. The van der Waals surface area contributed by atoms with Gasteiger partial charge in [0.15, 0.2) is 0 Å². The van der Waals surface area contributed by atoms with E-state index in [2.05, 4.69) is 11.1 Å². The molecule has 0 saturated carbocycles. The van der Waals surface area contributed by atoms with E-state index in [4.69, 9.17) is 0 Å². The third kappa shape index (κ3) is 2.01. The maximum atomic E-state index is 11.8. The molecule has 0 N–H and O–H groups in total. The number of carbonyl (C=O) groups is 1. The molecule has 0 aromatic carbocycles. The van der Waals surface area contributed by atoms with Gasteiger partial charge in [-0.2, -0.15) is 0 Å².